The second-order valence-corrected chi connectivity index (χ2v) is 20.8. The summed E-state index contributed by atoms with van der Waals surface area (Å²) < 4.78 is 53.1. The van der Waals surface area contributed by atoms with Crippen LogP contribution in [0.2, 0.25) is 0 Å². The van der Waals surface area contributed by atoms with Crippen molar-refractivity contribution >= 4 is 27.6 Å². The minimum absolute atomic E-state index is 0.116. The van der Waals surface area contributed by atoms with E-state index >= 15 is 0 Å². The maximum atomic E-state index is 12.2. The molecule has 0 radical (unpaired) electrons. The molecule has 0 heterocycles. The largest absolute Gasteiger partial charge is 0.472 e. The summed E-state index contributed by atoms with van der Waals surface area (Å²) in [4.78, 5) is 43.8. The number of allylic oxidation sites excluding steroid dienone is 10. The Bertz CT molecular complexity index is 1480. The van der Waals surface area contributed by atoms with Crippen molar-refractivity contribution in [2.24, 2.45) is 0 Å². The lowest BCUT2D eigenvalue weighted by Crippen LogP contribution is -2.25. The third-order valence-electron chi connectivity index (χ3n) is 11.0. The molecule has 408 valence electrons. The van der Waals surface area contributed by atoms with Crippen LogP contribution in [0.1, 0.15) is 206 Å². The van der Waals surface area contributed by atoms with Gasteiger partial charge in [0, 0.05) is 12.8 Å². The summed E-state index contributed by atoms with van der Waals surface area (Å²) in [6, 6.07) is 0. The number of hydrogen-bond acceptors (Lipinski definition) is 13. The van der Waals surface area contributed by atoms with E-state index < -0.39 is 85.5 Å². The maximum Gasteiger partial charge on any atom is 0.472 e. The number of phosphoric acid groups is 2. The molecule has 0 fully saturated rings. The van der Waals surface area contributed by atoms with Crippen molar-refractivity contribution in [1.29, 1.82) is 0 Å². The van der Waals surface area contributed by atoms with Crippen LogP contribution in [0.5, 0.6) is 0 Å². The summed E-state index contributed by atoms with van der Waals surface area (Å²) in [5.41, 5.74) is 0. The van der Waals surface area contributed by atoms with Crippen LogP contribution in [0.4, 0.5) is 0 Å². The number of aliphatic hydroxyl groups is 3. The van der Waals surface area contributed by atoms with Crippen molar-refractivity contribution in [2.45, 2.75) is 225 Å². The highest BCUT2D eigenvalue weighted by molar-refractivity contribution is 7.47. The lowest BCUT2D eigenvalue weighted by molar-refractivity contribution is -0.148. The van der Waals surface area contributed by atoms with Crippen molar-refractivity contribution in [3.8, 4) is 0 Å². The first-order valence-corrected chi connectivity index (χ1v) is 29.6. The molecule has 0 aliphatic heterocycles. The van der Waals surface area contributed by atoms with Gasteiger partial charge in [0.05, 0.1) is 26.4 Å². The first-order chi connectivity index (χ1) is 33.8. The van der Waals surface area contributed by atoms with Crippen LogP contribution in [0.3, 0.4) is 0 Å². The van der Waals surface area contributed by atoms with Gasteiger partial charge in [0.2, 0.25) is 0 Å². The van der Waals surface area contributed by atoms with Gasteiger partial charge in [0.15, 0.2) is 0 Å². The number of hydrogen-bond donors (Lipinski definition) is 5. The van der Waals surface area contributed by atoms with Crippen LogP contribution in [-0.4, -0.2) is 95.0 Å². The summed E-state index contributed by atoms with van der Waals surface area (Å²) in [6.45, 7) is 0.267. The Labute approximate surface area is 422 Å². The van der Waals surface area contributed by atoms with E-state index in [1.807, 2.05) is 12.2 Å². The monoisotopic (exact) mass is 1030 g/mol. The van der Waals surface area contributed by atoms with E-state index in [9.17, 15) is 43.8 Å². The van der Waals surface area contributed by atoms with Gasteiger partial charge in [-0.1, -0.05) is 203 Å². The molecule has 0 aliphatic rings. The Kier molecular flexibility index (Phi) is 47.4. The molecule has 0 aromatic heterocycles. The zero-order chi connectivity index (χ0) is 51.7. The van der Waals surface area contributed by atoms with Crippen molar-refractivity contribution < 1.29 is 71.4 Å². The predicted octanol–water partition coefficient (Wildman–Crippen LogP) is 12.9. The summed E-state index contributed by atoms with van der Waals surface area (Å²) in [7, 11) is -9.60. The molecule has 0 bridgehead atoms. The maximum absolute atomic E-state index is 12.2. The normalized spacial score (nSPS) is 15.4. The van der Waals surface area contributed by atoms with Gasteiger partial charge in [0.25, 0.3) is 0 Å². The Morgan fingerprint density at radius 1 is 0.386 bits per heavy atom. The van der Waals surface area contributed by atoms with Gasteiger partial charge in [-0.15, -0.1) is 0 Å². The second-order valence-electron chi connectivity index (χ2n) is 17.9. The van der Waals surface area contributed by atoms with Crippen molar-refractivity contribution in [1.82, 2.24) is 0 Å². The fourth-order valence-corrected chi connectivity index (χ4v) is 8.49. The standard InChI is InChI=1S/C53H96O15P2/c1-3-5-7-9-11-13-15-17-19-21-22-23-24-26-28-30-32-34-36-38-40-42-53(58)64-44-50(55)46-66-70(61,62)68-48-51(56)47-67-69(59,60)65-45-49(54)43-63-52(57)41-39-37-35-33-31-29-27-25-20-18-16-14-12-10-8-6-4-2/h6,8,12,14,18,20,27,29,33,35,49-51,54-56H,3-5,7,9-11,13,15-17,19,21-26,28,30-32,34,36-48H2,1-2H3,(H,59,60)(H,61,62)/b8-6-,14-12-,20-18-,29-27-,35-33-. The zero-order valence-corrected chi connectivity index (χ0v) is 45.0. The molecule has 5 atom stereocenters. The SMILES string of the molecule is CC/C=C\C/C=C\C/C=C\C/C=C\C/C=C\CCCC(=O)OCC(O)COP(=O)(O)OCC(O)COP(=O)(O)OCC(O)COC(=O)CCCCCCCCCCCCCCCCCCCCCCC. The quantitative estimate of drug-likeness (QED) is 0.0165. The van der Waals surface area contributed by atoms with Crippen molar-refractivity contribution in [3.63, 3.8) is 0 Å². The van der Waals surface area contributed by atoms with Gasteiger partial charge < -0.3 is 34.6 Å². The van der Waals surface area contributed by atoms with E-state index in [4.69, 9.17) is 14.0 Å². The van der Waals surface area contributed by atoms with E-state index in [0.29, 0.717) is 19.3 Å². The minimum Gasteiger partial charge on any atom is -0.463 e. The molecule has 5 N–H and O–H groups in total. The first kappa shape index (κ1) is 67.7. The van der Waals surface area contributed by atoms with Crippen LogP contribution < -0.4 is 0 Å². The molecule has 0 aliphatic carbocycles. The number of esters is 2. The molecule has 0 saturated carbocycles. The van der Waals surface area contributed by atoms with Crippen LogP contribution in [0.15, 0.2) is 60.8 Å². The summed E-state index contributed by atoms with van der Waals surface area (Å²) in [6.07, 6.45) is 49.3. The minimum atomic E-state index is -4.80. The third-order valence-corrected chi connectivity index (χ3v) is 12.9. The number of rotatable bonds is 51. The van der Waals surface area contributed by atoms with E-state index in [2.05, 4.69) is 76.0 Å². The Hall–Kier alpha value is -2.26. The lowest BCUT2D eigenvalue weighted by atomic mass is 10.0. The predicted molar refractivity (Wildman–Crippen MR) is 279 cm³/mol. The first-order valence-electron chi connectivity index (χ1n) is 26.6. The fourth-order valence-electron chi connectivity index (χ4n) is 6.90. The third kappa shape index (κ3) is 50.7. The van der Waals surface area contributed by atoms with Crippen LogP contribution in [0, 0.1) is 0 Å². The molecule has 70 heavy (non-hydrogen) atoms. The Morgan fingerprint density at radius 2 is 0.657 bits per heavy atom. The van der Waals surface area contributed by atoms with Gasteiger partial charge in [0.1, 0.15) is 31.5 Å². The van der Waals surface area contributed by atoms with Crippen LogP contribution >= 0.6 is 15.6 Å². The van der Waals surface area contributed by atoms with Gasteiger partial charge >= 0.3 is 27.6 Å². The van der Waals surface area contributed by atoms with Gasteiger partial charge in [-0.3, -0.25) is 27.7 Å². The number of carbonyl (C=O) groups is 2. The van der Waals surface area contributed by atoms with Crippen molar-refractivity contribution in [3.05, 3.63) is 60.8 Å². The molecule has 0 aromatic rings. The zero-order valence-electron chi connectivity index (χ0n) is 43.2. The summed E-state index contributed by atoms with van der Waals surface area (Å²) >= 11 is 0. The molecular formula is C53H96O15P2. The lowest BCUT2D eigenvalue weighted by Gasteiger charge is -2.19. The molecule has 5 unspecified atom stereocenters. The average molecular weight is 1040 g/mol. The average Bonchev–Trinajstić information content (AvgIpc) is 3.34. The molecule has 15 nitrogen and oxygen atoms in total. The van der Waals surface area contributed by atoms with E-state index in [1.165, 1.54) is 109 Å². The molecule has 0 saturated heterocycles. The molecule has 0 aromatic carbocycles. The number of unbranched alkanes of at least 4 members (excludes halogenated alkanes) is 21. The van der Waals surface area contributed by atoms with Crippen LogP contribution in [0.25, 0.3) is 0 Å². The van der Waals surface area contributed by atoms with Crippen molar-refractivity contribution in [2.75, 3.05) is 39.6 Å². The van der Waals surface area contributed by atoms with E-state index in [1.54, 1.807) is 0 Å². The van der Waals surface area contributed by atoms with Crippen LogP contribution in [-0.2, 0) is 46.3 Å². The smallest absolute Gasteiger partial charge is 0.463 e. The topological polar surface area (TPSA) is 225 Å². The number of aliphatic hydroxyl groups excluding tert-OH is 3. The Morgan fingerprint density at radius 3 is 0.986 bits per heavy atom. The van der Waals surface area contributed by atoms with Gasteiger partial charge in [-0.25, -0.2) is 9.13 Å². The van der Waals surface area contributed by atoms with E-state index in [0.717, 1.165) is 51.4 Å². The molecule has 0 amide bonds. The highest BCUT2D eigenvalue weighted by Crippen LogP contribution is 2.45. The second kappa shape index (κ2) is 49.0. The Balaban J connectivity index is 3.87. The molecular weight excluding hydrogens is 939 g/mol. The molecule has 17 heteroatoms. The highest BCUT2D eigenvalue weighted by Gasteiger charge is 2.28. The number of ether oxygens (including phenoxy) is 2. The highest BCUT2D eigenvalue weighted by atomic mass is 31.2. The summed E-state index contributed by atoms with van der Waals surface area (Å²) in [5.74, 6) is -1.05. The molecule has 0 spiro atoms. The summed E-state index contributed by atoms with van der Waals surface area (Å²) in [5, 5.41) is 30.1. The van der Waals surface area contributed by atoms with Gasteiger partial charge in [-0.2, -0.15) is 0 Å². The van der Waals surface area contributed by atoms with E-state index in [-0.39, 0.29) is 12.8 Å². The number of phosphoric ester groups is 2. The number of carbonyl (C=O) groups excluding carboxylic acids is 2. The molecule has 0 rings (SSSR count). The van der Waals surface area contributed by atoms with Gasteiger partial charge in [-0.05, 0) is 51.4 Å². The fraction of sp³-hybridized carbons (Fsp3) is 0.774.